The third kappa shape index (κ3) is 2.79. The van der Waals surface area contributed by atoms with E-state index in [0.717, 1.165) is 4.70 Å². The number of nitrogens with zero attached hydrogens (tertiary/aromatic N) is 1. The van der Waals surface area contributed by atoms with Gasteiger partial charge < -0.3 is 5.32 Å². The molecular formula is C15H9ClN2O3S. The molecule has 3 rings (SSSR count). The van der Waals surface area contributed by atoms with Gasteiger partial charge in [-0.15, -0.1) is 11.3 Å². The van der Waals surface area contributed by atoms with Crippen LogP contribution in [0.1, 0.15) is 9.67 Å². The van der Waals surface area contributed by atoms with E-state index in [9.17, 15) is 14.9 Å². The summed E-state index contributed by atoms with van der Waals surface area (Å²) in [7, 11) is 0. The lowest BCUT2D eigenvalue weighted by molar-refractivity contribution is -0.384. The summed E-state index contributed by atoms with van der Waals surface area (Å²) in [4.78, 5) is 23.1. The van der Waals surface area contributed by atoms with Crippen LogP contribution in [0.4, 0.5) is 11.4 Å². The summed E-state index contributed by atoms with van der Waals surface area (Å²) in [6.45, 7) is 0. The first-order valence-electron chi connectivity index (χ1n) is 6.28. The van der Waals surface area contributed by atoms with Crippen molar-refractivity contribution in [1.29, 1.82) is 0 Å². The number of anilines is 1. The maximum absolute atomic E-state index is 12.3. The predicted molar refractivity (Wildman–Crippen MR) is 87.9 cm³/mol. The van der Waals surface area contributed by atoms with Gasteiger partial charge in [-0.2, -0.15) is 0 Å². The first-order chi connectivity index (χ1) is 10.5. The molecule has 1 amide bonds. The Bertz CT molecular complexity index is 891. The molecule has 0 fully saturated rings. The van der Waals surface area contributed by atoms with Crippen molar-refractivity contribution in [3.63, 3.8) is 0 Å². The van der Waals surface area contributed by atoms with E-state index < -0.39 is 4.92 Å². The van der Waals surface area contributed by atoms with Crippen LogP contribution in [0.5, 0.6) is 0 Å². The molecule has 5 nitrogen and oxygen atoms in total. The zero-order valence-corrected chi connectivity index (χ0v) is 12.6. The Morgan fingerprint density at radius 3 is 2.68 bits per heavy atom. The van der Waals surface area contributed by atoms with E-state index in [1.165, 1.54) is 23.5 Å². The van der Waals surface area contributed by atoms with Crippen LogP contribution in [0.3, 0.4) is 0 Å². The fourth-order valence-corrected chi connectivity index (χ4v) is 3.12. The van der Waals surface area contributed by atoms with Crippen molar-refractivity contribution < 1.29 is 9.72 Å². The molecule has 1 heterocycles. The Morgan fingerprint density at radius 2 is 1.95 bits per heavy atom. The number of nitro groups is 1. The number of thiophene rings is 1. The average Bonchev–Trinajstić information content (AvgIpc) is 2.92. The summed E-state index contributed by atoms with van der Waals surface area (Å²) in [6, 6.07) is 13.1. The second-order valence-electron chi connectivity index (χ2n) is 4.52. The number of amides is 1. The molecule has 0 unspecified atom stereocenters. The number of para-hydroxylation sites is 1. The molecule has 1 aromatic heterocycles. The highest BCUT2D eigenvalue weighted by molar-refractivity contribution is 7.20. The molecule has 0 aliphatic carbocycles. The number of nitro benzene ring substituents is 1. The normalized spacial score (nSPS) is 10.6. The number of hydrogen-bond donors (Lipinski definition) is 1. The SMILES string of the molecule is O=C(Nc1ccccc1Cl)c1cc2cc([N+](=O)[O-])ccc2s1. The smallest absolute Gasteiger partial charge is 0.270 e. The van der Waals surface area contributed by atoms with Crippen molar-refractivity contribution >= 4 is 50.3 Å². The molecule has 0 aliphatic heterocycles. The molecule has 0 saturated carbocycles. The number of fused-ring (bicyclic) bond motifs is 1. The number of carbonyl (C=O) groups is 1. The lowest BCUT2D eigenvalue weighted by Gasteiger charge is -2.04. The van der Waals surface area contributed by atoms with Crippen molar-refractivity contribution in [2.75, 3.05) is 5.32 Å². The Balaban J connectivity index is 1.91. The lowest BCUT2D eigenvalue weighted by atomic mass is 10.2. The third-order valence-corrected chi connectivity index (χ3v) is 4.50. The zero-order chi connectivity index (χ0) is 15.7. The van der Waals surface area contributed by atoms with Crippen LogP contribution in [-0.2, 0) is 0 Å². The monoisotopic (exact) mass is 332 g/mol. The number of nitrogens with one attached hydrogen (secondary N) is 1. The largest absolute Gasteiger partial charge is 0.320 e. The van der Waals surface area contributed by atoms with E-state index in [4.69, 9.17) is 11.6 Å². The molecule has 110 valence electrons. The van der Waals surface area contributed by atoms with Crippen molar-refractivity contribution in [1.82, 2.24) is 0 Å². The van der Waals surface area contributed by atoms with Gasteiger partial charge in [0.1, 0.15) is 0 Å². The van der Waals surface area contributed by atoms with Gasteiger partial charge in [-0.1, -0.05) is 23.7 Å². The van der Waals surface area contributed by atoms with Crippen LogP contribution in [-0.4, -0.2) is 10.8 Å². The highest BCUT2D eigenvalue weighted by atomic mass is 35.5. The van der Waals surface area contributed by atoms with Crippen molar-refractivity contribution in [3.05, 3.63) is 68.5 Å². The highest BCUT2D eigenvalue weighted by Crippen LogP contribution is 2.30. The van der Waals surface area contributed by atoms with Gasteiger partial charge in [0.05, 0.1) is 20.5 Å². The zero-order valence-electron chi connectivity index (χ0n) is 11.1. The van der Waals surface area contributed by atoms with E-state index in [1.807, 2.05) is 0 Å². The van der Waals surface area contributed by atoms with Gasteiger partial charge in [0.15, 0.2) is 0 Å². The number of rotatable bonds is 3. The standard InChI is InChI=1S/C15H9ClN2O3S/c16-11-3-1-2-4-12(11)17-15(19)14-8-9-7-10(18(20)21)5-6-13(9)22-14/h1-8H,(H,17,19). The van der Waals surface area contributed by atoms with Crippen molar-refractivity contribution in [2.45, 2.75) is 0 Å². The van der Waals surface area contributed by atoms with E-state index in [-0.39, 0.29) is 11.6 Å². The average molecular weight is 333 g/mol. The van der Waals surface area contributed by atoms with Gasteiger partial charge in [0, 0.05) is 22.2 Å². The molecule has 0 spiro atoms. The van der Waals surface area contributed by atoms with E-state index in [1.54, 1.807) is 36.4 Å². The van der Waals surface area contributed by atoms with E-state index >= 15 is 0 Å². The molecule has 0 radical (unpaired) electrons. The van der Waals surface area contributed by atoms with Crippen LogP contribution >= 0.6 is 22.9 Å². The molecule has 0 atom stereocenters. The van der Waals surface area contributed by atoms with Crippen LogP contribution in [0.2, 0.25) is 5.02 Å². The van der Waals surface area contributed by atoms with E-state index in [0.29, 0.717) is 21.0 Å². The van der Waals surface area contributed by atoms with Crippen molar-refractivity contribution in [3.8, 4) is 0 Å². The van der Waals surface area contributed by atoms with Crippen LogP contribution in [0.15, 0.2) is 48.5 Å². The van der Waals surface area contributed by atoms with Crippen molar-refractivity contribution in [2.24, 2.45) is 0 Å². The molecular weight excluding hydrogens is 324 g/mol. The summed E-state index contributed by atoms with van der Waals surface area (Å²) >= 11 is 7.28. The lowest BCUT2D eigenvalue weighted by Crippen LogP contribution is -2.10. The molecule has 0 bridgehead atoms. The molecule has 0 saturated heterocycles. The Kier molecular flexibility index (Phi) is 3.79. The summed E-state index contributed by atoms with van der Waals surface area (Å²) in [5.74, 6) is -0.294. The third-order valence-electron chi connectivity index (χ3n) is 3.06. The van der Waals surface area contributed by atoms with Crippen LogP contribution in [0.25, 0.3) is 10.1 Å². The second-order valence-corrected chi connectivity index (χ2v) is 6.01. The molecule has 2 aromatic carbocycles. The predicted octanol–water partition coefficient (Wildman–Crippen LogP) is 4.72. The van der Waals surface area contributed by atoms with Gasteiger partial charge in [-0.3, -0.25) is 14.9 Å². The molecule has 22 heavy (non-hydrogen) atoms. The number of hydrogen-bond acceptors (Lipinski definition) is 4. The van der Waals surface area contributed by atoms with Gasteiger partial charge in [0.25, 0.3) is 11.6 Å². The first kappa shape index (κ1) is 14.5. The minimum Gasteiger partial charge on any atom is -0.320 e. The topological polar surface area (TPSA) is 72.2 Å². The molecule has 1 N–H and O–H groups in total. The summed E-state index contributed by atoms with van der Waals surface area (Å²) in [5, 5.41) is 14.6. The number of non-ortho nitro benzene ring substituents is 1. The minimum atomic E-state index is -0.458. The Labute approximate surface area is 134 Å². The summed E-state index contributed by atoms with van der Waals surface area (Å²) in [6.07, 6.45) is 0. The Morgan fingerprint density at radius 1 is 1.18 bits per heavy atom. The fourth-order valence-electron chi connectivity index (χ4n) is 2.00. The van der Waals surface area contributed by atoms with Gasteiger partial charge in [-0.05, 0) is 24.3 Å². The summed E-state index contributed by atoms with van der Waals surface area (Å²) < 4.78 is 0.815. The van der Waals surface area contributed by atoms with E-state index in [2.05, 4.69) is 5.32 Å². The maximum Gasteiger partial charge on any atom is 0.270 e. The number of halogens is 1. The van der Waals surface area contributed by atoms with Crippen LogP contribution in [0, 0.1) is 10.1 Å². The van der Waals surface area contributed by atoms with Gasteiger partial charge in [-0.25, -0.2) is 0 Å². The Hall–Kier alpha value is -2.44. The van der Waals surface area contributed by atoms with Gasteiger partial charge >= 0.3 is 0 Å². The van der Waals surface area contributed by atoms with Gasteiger partial charge in [0.2, 0.25) is 0 Å². The van der Waals surface area contributed by atoms with Crippen LogP contribution < -0.4 is 5.32 Å². The second kappa shape index (κ2) is 5.75. The maximum atomic E-state index is 12.3. The molecule has 0 aliphatic rings. The quantitative estimate of drug-likeness (QED) is 0.557. The first-order valence-corrected chi connectivity index (χ1v) is 7.48. The molecule has 7 heteroatoms. The number of benzene rings is 2. The highest BCUT2D eigenvalue weighted by Gasteiger charge is 2.14. The molecule has 3 aromatic rings. The fraction of sp³-hybridized carbons (Fsp3) is 0. The number of carbonyl (C=O) groups excluding carboxylic acids is 1. The summed E-state index contributed by atoms with van der Waals surface area (Å²) in [5.41, 5.74) is 0.529. The minimum absolute atomic E-state index is 0.00311.